The molecule has 0 aromatic rings. The first kappa shape index (κ1) is 24.4. The van der Waals surface area contributed by atoms with Crippen molar-refractivity contribution in [2.45, 2.75) is 104 Å². The molecule has 0 aliphatic rings. The molecule has 152 valence electrons. The maximum absolute atomic E-state index is 12.4. The van der Waals surface area contributed by atoms with Crippen LogP contribution in [-0.2, 0) is 19.1 Å². The summed E-state index contributed by atoms with van der Waals surface area (Å²) in [6, 6.07) is -0.861. The van der Waals surface area contributed by atoms with E-state index in [1.165, 1.54) is 25.7 Å². The van der Waals surface area contributed by atoms with Crippen molar-refractivity contribution in [2.75, 3.05) is 6.61 Å². The van der Waals surface area contributed by atoms with E-state index < -0.39 is 23.7 Å². The van der Waals surface area contributed by atoms with E-state index in [-0.39, 0.29) is 18.8 Å². The third kappa shape index (κ3) is 13.7. The normalized spacial score (nSPS) is 12.3. The minimum atomic E-state index is -0.861. The minimum Gasteiger partial charge on any atom is -0.463 e. The number of ketones is 1. The summed E-state index contributed by atoms with van der Waals surface area (Å²) in [5.41, 5.74) is -0.656. The van der Waals surface area contributed by atoms with Crippen molar-refractivity contribution in [1.29, 1.82) is 0 Å². The van der Waals surface area contributed by atoms with Crippen molar-refractivity contribution in [3.63, 3.8) is 0 Å². The Morgan fingerprint density at radius 1 is 0.923 bits per heavy atom. The first-order valence-electron chi connectivity index (χ1n) is 9.87. The van der Waals surface area contributed by atoms with E-state index in [0.29, 0.717) is 6.42 Å². The molecule has 6 heteroatoms. The van der Waals surface area contributed by atoms with Crippen molar-refractivity contribution in [2.24, 2.45) is 0 Å². The number of carbonyl (C=O) groups excluding carboxylic acids is 3. The van der Waals surface area contributed by atoms with E-state index in [1.807, 2.05) is 0 Å². The average Bonchev–Trinajstić information content (AvgIpc) is 2.55. The SMILES string of the molecule is CCCCCCCCCC(=O)[C@H](COC(=O)CC)NC(=O)OC(C)(C)C. The molecule has 0 bridgehead atoms. The summed E-state index contributed by atoms with van der Waals surface area (Å²) >= 11 is 0. The fourth-order valence-electron chi connectivity index (χ4n) is 2.37. The van der Waals surface area contributed by atoms with Gasteiger partial charge in [-0.1, -0.05) is 52.4 Å². The zero-order valence-electron chi connectivity index (χ0n) is 17.2. The lowest BCUT2D eigenvalue weighted by Crippen LogP contribution is -2.46. The van der Waals surface area contributed by atoms with E-state index in [4.69, 9.17) is 9.47 Å². The van der Waals surface area contributed by atoms with Crippen molar-refractivity contribution >= 4 is 17.8 Å². The van der Waals surface area contributed by atoms with Crippen molar-refractivity contribution in [1.82, 2.24) is 5.32 Å². The van der Waals surface area contributed by atoms with E-state index in [1.54, 1.807) is 27.7 Å². The van der Waals surface area contributed by atoms with Gasteiger partial charge in [-0.2, -0.15) is 0 Å². The van der Waals surface area contributed by atoms with Gasteiger partial charge in [-0.25, -0.2) is 4.79 Å². The molecule has 6 nitrogen and oxygen atoms in total. The van der Waals surface area contributed by atoms with Gasteiger partial charge >= 0.3 is 12.1 Å². The van der Waals surface area contributed by atoms with Crippen LogP contribution in [-0.4, -0.2) is 36.1 Å². The molecule has 0 heterocycles. The summed E-state index contributed by atoms with van der Waals surface area (Å²) < 4.78 is 10.2. The highest BCUT2D eigenvalue weighted by molar-refractivity contribution is 5.87. The lowest BCUT2D eigenvalue weighted by atomic mass is 10.0. The van der Waals surface area contributed by atoms with Crippen LogP contribution in [0.4, 0.5) is 4.79 Å². The highest BCUT2D eigenvalue weighted by Crippen LogP contribution is 2.11. The molecular weight excluding hydrogens is 334 g/mol. The first-order chi connectivity index (χ1) is 12.2. The van der Waals surface area contributed by atoms with Gasteiger partial charge in [0.05, 0.1) is 0 Å². The van der Waals surface area contributed by atoms with E-state index in [0.717, 1.165) is 19.3 Å². The molecule has 0 unspecified atom stereocenters. The Kier molecular flexibility index (Phi) is 12.8. The van der Waals surface area contributed by atoms with Crippen LogP contribution in [0.2, 0.25) is 0 Å². The highest BCUT2D eigenvalue weighted by atomic mass is 16.6. The van der Waals surface area contributed by atoms with Crippen LogP contribution in [0, 0.1) is 0 Å². The molecule has 1 amide bonds. The molecule has 0 radical (unpaired) electrons. The van der Waals surface area contributed by atoms with Crippen molar-refractivity contribution in [3.05, 3.63) is 0 Å². The zero-order valence-corrected chi connectivity index (χ0v) is 17.2. The maximum Gasteiger partial charge on any atom is 0.408 e. The smallest absolute Gasteiger partial charge is 0.408 e. The van der Waals surface area contributed by atoms with Gasteiger partial charge in [0.15, 0.2) is 5.78 Å². The zero-order chi connectivity index (χ0) is 20.0. The van der Waals surface area contributed by atoms with Gasteiger partial charge in [0.1, 0.15) is 18.2 Å². The first-order valence-corrected chi connectivity index (χ1v) is 9.87. The van der Waals surface area contributed by atoms with Gasteiger partial charge in [0.25, 0.3) is 0 Å². The van der Waals surface area contributed by atoms with Gasteiger partial charge in [0, 0.05) is 12.8 Å². The molecule has 0 saturated heterocycles. The van der Waals surface area contributed by atoms with Crippen LogP contribution in [0.15, 0.2) is 0 Å². The Balaban J connectivity index is 4.41. The minimum absolute atomic E-state index is 0.131. The standard InChI is InChI=1S/C20H37NO5/c1-6-8-9-10-11-12-13-14-17(22)16(15-25-18(23)7-2)21-19(24)26-20(3,4)5/h16H,6-15H2,1-5H3,(H,21,24)/t16-/m0/s1. The van der Waals surface area contributed by atoms with Crippen molar-refractivity contribution < 1.29 is 23.9 Å². The monoisotopic (exact) mass is 371 g/mol. The maximum atomic E-state index is 12.4. The highest BCUT2D eigenvalue weighted by Gasteiger charge is 2.25. The number of Topliss-reactive ketones (excluding diaryl/α,β-unsaturated/α-hetero) is 1. The number of rotatable bonds is 13. The third-order valence-corrected chi connectivity index (χ3v) is 3.81. The lowest BCUT2D eigenvalue weighted by molar-refractivity contribution is -0.144. The van der Waals surface area contributed by atoms with Crippen LogP contribution in [0.5, 0.6) is 0 Å². The molecule has 0 saturated carbocycles. The van der Waals surface area contributed by atoms with Crippen molar-refractivity contribution in [3.8, 4) is 0 Å². The van der Waals surface area contributed by atoms with Gasteiger partial charge in [-0.15, -0.1) is 0 Å². The summed E-state index contributed by atoms with van der Waals surface area (Å²) in [5, 5.41) is 2.53. The van der Waals surface area contributed by atoms with Gasteiger partial charge < -0.3 is 14.8 Å². The predicted octanol–water partition coefficient (Wildman–Crippen LogP) is 4.54. The summed E-state index contributed by atoms with van der Waals surface area (Å²) in [5.74, 6) is -0.530. The Bertz CT molecular complexity index is 428. The Morgan fingerprint density at radius 3 is 2.04 bits per heavy atom. The molecule has 0 aromatic heterocycles. The van der Waals surface area contributed by atoms with Crippen LogP contribution in [0.3, 0.4) is 0 Å². The van der Waals surface area contributed by atoms with E-state index in [9.17, 15) is 14.4 Å². The Hall–Kier alpha value is -1.59. The lowest BCUT2D eigenvalue weighted by Gasteiger charge is -2.23. The van der Waals surface area contributed by atoms with Crippen LogP contribution in [0.25, 0.3) is 0 Å². The fourth-order valence-corrected chi connectivity index (χ4v) is 2.37. The van der Waals surface area contributed by atoms with Crippen LogP contribution in [0.1, 0.15) is 92.4 Å². The summed E-state index contributed by atoms with van der Waals surface area (Å²) in [6.07, 6.45) is 7.68. The number of unbranched alkanes of at least 4 members (excludes halogenated alkanes) is 6. The largest absolute Gasteiger partial charge is 0.463 e. The summed E-state index contributed by atoms with van der Waals surface area (Å²) in [7, 11) is 0. The van der Waals surface area contributed by atoms with E-state index >= 15 is 0 Å². The number of amides is 1. The van der Waals surface area contributed by atoms with Crippen LogP contribution < -0.4 is 5.32 Å². The quantitative estimate of drug-likeness (QED) is 0.379. The molecule has 0 aliphatic heterocycles. The number of carbonyl (C=O) groups is 3. The number of ether oxygens (including phenoxy) is 2. The second-order valence-electron chi connectivity index (χ2n) is 7.57. The fraction of sp³-hybridized carbons (Fsp3) is 0.850. The molecule has 26 heavy (non-hydrogen) atoms. The second-order valence-corrected chi connectivity index (χ2v) is 7.57. The molecule has 0 fully saturated rings. The number of esters is 1. The third-order valence-electron chi connectivity index (χ3n) is 3.81. The van der Waals surface area contributed by atoms with Gasteiger partial charge in [0.2, 0.25) is 0 Å². The molecule has 1 atom stereocenters. The summed E-state index contributed by atoms with van der Waals surface area (Å²) in [6.45, 7) is 8.96. The molecule has 1 N–H and O–H groups in total. The van der Waals surface area contributed by atoms with Gasteiger partial charge in [-0.05, 0) is 27.2 Å². The molecule has 0 rings (SSSR count). The van der Waals surface area contributed by atoms with E-state index in [2.05, 4.69) is 12.2 Å². The van der Waals surface area contributed by atoms with Gasteiger partial charge in [-0.3, -0.25) is 9.59 Å². The Morgan fingerprint density at radius 2 is 1.50 bits per heavy atom. The molecule has 0 aromatic carbocycles. The average molecular weight is 372 g/mol. The topological polar surface area (TPSA) is 81.7 Å². The number of hydrogen-bond donors (Lipinski definition) is 1. The molecule has 0 spiro atoms. The summed E-state index contributed by atoms with van der Waals surface area (Å²) in [4.78, 5) is 35.7. The number of nitrogens with one attached hydrogen (secondary N) is 1. The Labute approximate surface area is 158 Å². The number of hydrogen-bond acceptors (Lipinski definition) is 5. The van der Waals surface area contributed by atoms with Crippen LogP contribution >= 0.6 is 0 Å². The molecule has 0 aliphatic carbocycles. The second kappa shape index (κ2) is 13.6. The number of alkyl carbamates (subject to hydrolysis) is 1. The molecular formula is C20H37NO5. The predicted molar refractivity (Wildman–Crippen MR) is 102 cm³/mol.